The maximum absolute atomic E-state index is 11.7. The Labute approximate surface area is 305 Å². The minimum Gasteiger partial charge on any atom is -0.481 e. The summed E-state index contributed by atoms with van der Waals surface area (Å²) in [5.41, 5.74) is 5.54. The molecular formula is C34H52N6O10S2. The largest absolute Gasteiger partial charge is 0.481 e. The number of likely N-dealkylation sites (N-methyl/N-ethyl adjacent to an activating group) is 2. The number of sulfonamides is 2. The zero-order valence-electron chi connectivity index (χ0n) is 30.5. The Morgan fingerprint density at radius 3 is 1.27 bits per heavy atom. The molecule has 0 atom stereocenters. The molecule has 0 aliphatic heterocycles. The van der Waals surface area contributed by atoms with Gasteiger partial charge in [-0.25, -0.2) is 26.3 Å². The average molecular weight is 769 g/mol. The number of hydrogen-bond donors (Lipinski definition) is 6. The SMILES string of the molecule is CNS(=O)(=O)Cc1ccc2c(c1)c(CCN(C)C)cn2CO.CNS(=O)(=O)Cc1ccc2c(c1)c(CCN(C)C)cn2CO.O=C(O)CCC(=O)O. The van der Waals surface area contributed by atoms with E-state index in [0.29, 0.717) is 0 Å². The van der Waals surface area contributed by atoms with Gasteiger partial charge in [-0.2, -0.15) is 0 Å². The summed E-state index contributed by atoms with van der Waals surface area (Å²) >= 11 is 0. The van der Waals surface area contributed by atoms with Crippen LogP contribution in [-0.4, -0.2) is 124 Å². The number of nitrogens with zero attached hydrogens (tertiary/aromatic N) is 4. The van der Waals surface area contributed by atoms with Crippen LogP contribution < -0.4 is 9.44 Å². The summed E-state index contributed by atoms with van der Waals surface area (Å²) in [5, 5.41) is 36.7. The van der Waals surface area contributed by atoms with E-state index in [4.69, 9.17) is 10.2 Å². The number of carbonyl (C=O) groups is 2. The molecule has 0 bridgehead atoms. The molecule has 4 aromatic rings. The number of fused-ring (bicyclic) bond motifs is 2. The van der Waals surface area contributed by atoms with Crippen LogP contribution in [0.1, 0.15) is 35.1 Å². The van der Waals surface area contributed by atoms with E-state index in [1.807, 2.05) is 64.8 Å². The number of aliphatic hydroxyl groups excluding tert-OH is 2. The van der Waals surface area contributed by atoms with Crippen molar-refractivity contribution < 1.29 is 46.9 Å². The van der Waals surface area contributed by atoms with Crippen LogP contribution in [0, 0.1) is 0 Å². The van der Waals surface area contributed by atoms with Gasteiger partial charge in [-0.15, -0.1) is 0 Å². The number of carboxylic acid groups (broad SMARTS) is 2. The molecule has 4 rings (SSSR count). The molecule has 52 heavy (non-hydrogen) atoms. The minimum atomic E-state index is -3.29. The van der Waals surface area contributed by atoms with E-state index in [1.54, 1.807) is 21.3 Å². The molecule has 0 radical (unpaired) electrons. The Bertz CT molecular complexity index is 1860. The molecule has 18 heteroatoms. The number of aliphatic carboxylic acids is 2. The maximum atomic E-state index is 11.7. The van der Waals surface area contributed by atoms with Gasteiger partial charge in [-0.05, 0) is 102 Å². The summed E-state index contributed by atoms with van der Waals surface area (Å²) in [7, 11) is 4.28. The van der Waals surface area contributed by atoms with Crippen LogP contribution >= 0.6 is 0 Å². The predicted molar refractivity (Wildman–Crippen MR) is 201 cm³/mol. The molecule has 290 valence electrons. The van der Waals surface area contributed by atoms with Gasteiger partial charge in [-0.3, -0.25) is 9.59 Å². The van der Waals surface area contributed by atoms with Crippen LogP contribution in [0.15, 0.2) is 48.8 Å². The van der Waals surface area contributed by atoms with Crippen molar-refractivity contribution >= 4 is 53.8 Å². The molecule has 2 heterocycles. The Kier molecular flexibility index (Phi) is 17.4. The van der Waals surface area contributed by atoms with Crippen molar-refractivity contribution in [2.45, 2.75) is 50.7 Å². The Morgan fingerprint density at radius 2 is 1.00 bits per heavy atom. The fourth-order valence-corrected chi connectivity index (χ4v) is 6.66. The van der Waals surface area contributed by atoms with Crippen molar-refractivity contribution in [1.29, 1.82) is 0 Å². The first-order valence-corrected chi connectivity index (χ1v) is 19.6. The maximum Gasteiger partial charge on any atom is 0.303 e. The first-order valence-electron chi connectivity index (χ1n) is 16.3. The van der Waals surface area contributed by atoms with E-state index in [0.717, 1.165) is 70.0 Å². The van der Waals surface area contributed by atoms with Crippen LogP contribution in [0.4, 0.5) is 0 Å². The highest BCUT2D eigenvalue weighted by molar-refractivity contribution is 7.88. The van der Waals surface area contributed by atoms with Crippen LogP contribution in [-0.2, 0) is 67.4 Å². The van der Waals surface area contributed by atoms with Crippen molar-refractivity contribution in [1.82, 2.24) is 28.4 Å². The number of carboxylic acids is 2. The third-order valence-corrected chi connectivity index (χ3v) is 10.6. The van der Waals surface area contributed by atoms with E-state index in [-0.39, 0.29) is 37.8 Å². The average Bonchev–Trinajstić information content (AvgIpc) is 3.62. The summed E-state index contributed by atoms with van der Waals surface area (Å²) in [6.45, 7) is 1.60. The Morgan fingerprint density at radius 1 is 0.654 bits per heavy atom. The molecular weight excluding hydrogens is 717 g/mol. The number of aromatic nitrogens is 2. The van der Waals surface area contributed by atoms with Gasteiger partial charge in [0, 0.05) is 36.3 Å². The normalized spacial score (nSPS) is 11.8. The van der Waals surface area contributed by atoms with Crippen LogP contribution in [0.3, 0.4) is 0 Å². The lowest BCUT2D eigenvalue weighted by atomic mass is 10.1. The molecule has 0 unspecified atom stereocenters. The van der Waals surface area contributed by atoms with E-state index in [2.05, 4.69) is 19.2 Å². The zero-order chi connectivity index (χ0) is 39.2. The quantitative estimate of drug-likeness (QED) is 0.0898. The first-order chi connectivity index (χ1) is 24.3. The van der Waals surface area contributed by atoms with Gasteiger partial charge in [0.2, 0.25) is 20.0 Å². The molecule has 0 aliphatic rings. The number of benzene rings is 2. The monoisotopic (exact) mass is 768 g/mol. The third-order valence-electron chi connectivity index (χ3n) is 7.91. The van der Waals surface area contributed by atoms with Crippen LogP contribution in [0.5, 0.6) is 0 Å². The Hall–Kier alpha value is -3.88. The molecule has 2 aromatic carbocycles. The van der Waals surface area contributed by atoms with E-state index in [1.165, 1.54) is 14.1 Å². The van der Waals surface area contributed by atoms with Gasteiger partial charge in [0.25, 0.3) is 0 Å². The lowest BCUT2D eigenvalue weighted by Gasteiger charge is -2.08. The summed E-state index contributed by atoms with van der Waals surface area (Å²) < 4.78 is 55.0. The molecule has 0 amide bonds. The molecule has 2 aromatic heterocycles. The fourth-order valence-electron chi connectivity index (χ4n) is 5.13. The van der Waals surface area contributed by atoms with Crippen LogP contribution in [0.2, 0.25) is 0 Å². The van der Waals surface area contributed by atoms with E-state index >= 15 is 0 Å². The summed E-state index contributed by atoms with van der Waals surface area (Å²) in [6.07, 6.45) is 4.97. The molecule has 0 saturated carbocycles. The van der Waals surface area contributed by atoms with Gasteiger partial charge in [0.15, 0.2) is 0 Å². The van der Waals surface area contributed by atoms with Crippen molar-refractivity contribution in [3.8, 4) is 0 Å². The molecule has 0 aliphatic carbocycles. The minimum absolute atomic E-state index is 0.0448. The summed E-state index contributed by atoms with van der Waals surface area (Å²) in [5.74, 6) is -2.24. The van der Waals surface area contributed by atoms with Crippen molar-refractivity contribution in [2.24, 2.45) is 0 Å². The van der Waals surface area contributed by atoms with Crippen molar-refractivity contribution in [3.63, 3.8) is 0 Å². The van der Waals surface area contributed by atoms with Gasteiger partial charge in [-0.1, -0.05) is 12.1 Å². The van der Waals surface area contributed by atoms with E-state index in [9.17, 15) is 36.6 Å². The van der Waals surface area contributed by atoms with Gasteiger partial charge < -0.3 is 39.4 Å². The molecule has 6 N–H and O–H groups in total. The smallest absolute Gasteiger partial charge is 0.303 e. The molecule has 0 fully saturated rings. The number of aliphatic hydroxyl groups is 2. The number of hydrogen-bond acceptors (Lipinski definition) is 10. The van der Waals surface area contributed by atoms with Gasteiger partial charge in [0.05, 0.1) is 35.4 Å². The van der Waals surface area contributed by atoms with Gasteiger partial charge in [0.1, 0.15) is 13.5 Å². The van der Waals surface area contributed by atoms with Crippen LogP contribution in [0.25, 0.3) is 21.8 Å². The molecule has 0 spiro atoms. The van der Waals surface area contributed by atoms with Crippen molar-refractivity contribution in [3.05, 3.63) is 71.0 Å². The first kappa shape index (κ1) is 44.3. The topological polar surface area (TPSA) is 224 Å². The highest BCUT2D eigenvalue weighted by Gasteiger charge is 2.15. The van der Waals surface area contributed by atoms with Crippen molar-refractivity contribution in [2.75, 3.05) is 55.4 Å². The third kappa shape index (κ3) is 14.3. The second kappa shape index (κ2) is 20.4. The number of rotatable bonds is 17. The zero-order valence-corrected chi connectivity index (χ0v) is 32.2. The predicted octanol–water partition coefficient (Wildman–Crippen LogP) is 1.42. The standard InChI is InChI=1S/2C15H23N3O3S.C4H6O4/c2*1-16-22(20,21)10-12-4-5-15-14(8-12)13(6-7-17(2)3)9-18(15)11-19;5-3(6)1-2-4(7)8/h2*4-5,8-9,16,19H,6-7,10-11H2,1-3H3;1-2H2,(H,5,6)(H,7,8). The highest BCUT2D eigenvalue weighted by Crippen LogP contribution is 2.25. The molecule has 0 saturated heterocycles. The molecule has 16 nitrogen and oxygen atoms in total. The summed E-state index contributed by atoms with van der Waals surface area (Å²) in [4.78, 5) is 23.5. The number of nitrogens with one attached hydrogen (secondary N) is 2. The fraction of sp³-hybridized carbons (Fsp3) is 0.471. The van der Waals surface area contributed by atoms with E-state index < -0.39 is 32.0 Å². The highest BCUT2D eigenvalue weighted by atomic mass is 32.2. The van der Waals surface area contributed by atoms with Gasteiger partial charge >= 0.3 is 11.9 Å². The lowest BCUT2D eigenvalue weighted by molar-refractivity contribution is -0.143. The lowest BCUT2D eigenvalue weighted by Crippen LogP contribution is -2.20. The second-order valence-electron chi connectivity index (χ2n) is 12.6. The second-order valence-corrected chi connectivity index (χ2v) is 16.4. The Balaban J connectivity index is 0.000000299. The summed E-state index contributed by atoms with van der Waals surface area (Å²) in [6, 6.07) is 11.1.